The second kappa shape index (κ2) is 10.2. The summed E-state index contributed by atoms with van der Waals surface area (Å²) in [4.78, 5) is 0. The smallest absolute Gasteiger partial charge is 0.214 e. The molecule has 0 saturated heterocycles. The number of methoxy groups -OCH3 is 2. The molecule has 0 fully saturated rings. The zero-order chi connectivity index (χ0) is 20.6. The van der Waals surface area contributed by atoms with E-state index >= 15 is 0 Å². The van der Waals surface area contributed by atoms with Crippen LogP contribution in [-0.4, -0.2) is 58.0 Å². The Morgan fingerprint density at radius 2 is 1.90 bits per heavy atom. The Hall–Kier alpha value is -2.62. The van der Waals surface area contributed by atoms with Crippen LogP contribution in [0.4, 0.5) is 0 Å². The molecule has 0 aliphatic carbocycles. The van der Waals surface area contributed by atoms with E-state index in [1.165, 1.54) is 11.8 Å². The number of tetrazole rings is 1. The van der Waals surface area contributed by atoms with Gasteiger partial charge in [0.1, 0.15) is 17.2 Å². The minimum absolute atomic E-state index is 0.217. The van der Waals surface area contributed by atoms with Crippen molar-refractivity contribution in [2.45, 2.75) is 24.8 Å². The average molecular weight is 417 g/mol. The van der Waals surface area contributed by atoms with Crippen molar-refractivity contribution in [3.63, 3.8) is 0 Å². The van der Waals surface area contributed by atoms with E-state index in [0.29, 0.717) is 23.3 Å². The van der Waals surface area contributed by atoms with Gasteiger partial charge in [0.05, 0.1) is 33.5 Å². The van der Waals surface area contributed by atoms with Crippen LogP contribution >= 0.6 is 11.8 Å². The molecule has 1 heterocycles. The van der Waals surface area contributed by atoms with E-state index in [1.54, 1.807) is 18.9 Å². The molecule has 0 saturated carbocycles. The molecule has 3 aromatic rings. The molecule has 29 heavy (non-hydrogen) atoms. The summed E-state index contributed by atoms with van der Waals surface area (Å²) in [5.74, 6) is 1.87. The summed E-state index contributed by atoms with van der Waals surface area (Å²) in [6.45, 7) is 2.63. The Morgan fingerprint density at radius 3 is 2.62 bits per heavy atom. The summed E-state index contributed by atoms with van der Waals surface area (Å²) >= 11 is 1.36. The largest absolute Gasteiger partial charge is 0.497 e. The number of hydrogen-bond acceptors (Lipinski definition) is 8. The lowest BCUT2D eigenvalue weighted by atomic mass is 10.2. The number of benzene rings is 2. The normalized spacial score (nSPS) is 12.0. The Labute approximate surface area is 173 Å². The van der Waals surface area contributed by atoms with Gasteiger partial charge in [-0.1, -0.05) is 30.0 Å². The molecule has 154 valence electrons. The maximum atomic E-state index is 10.2. The standard InChI is InChI=1S/C20H24N4O4S/c1-14-4-9-19(27-3)18(10-14)24-20(21-22-23-24)29-13-16(25)12-28-11-15-5-7-17(26-2)8-6-15/h4-10,16,25H,11-13H2,1-3H3. The molecule has 1 unspecified atom stereocenters. The van der Waals surface area contributed by atoms with Gasteiger partial charge in [0.25, 0.3) is 0 Å². The molecule has 0 amide bonds. The van der Waals surface area contributed by atoms with E-state index in [2.05, 4.69) is 15.5 Å². The molecule has 0 aliphatic heterocycles. The fourth-order valence-electron chi connectivity index (χ4n) is 2.64. The van der Waals surface area contributed by atoms with Gasteiger partial charge in [0.15, 0.2) is 0 Å². The Kier molecular flexibility index (Phi) is 7.45. The van der Waals surface area contributed by atoms with Gasteiger partial charge in [-0.2, -0.15) is 4.68 Å². The second-order valence-electron chi connectivity index (χ2n) is 6.38. The van der Waals surface area contributed by atoms with E-state index in [-0.39, 0.29) is 6.61 Å². The molecule has 9 heteroatoms. The minimum atomic E-state index is -0.650. The lowest BCUT2D eigenvalue weighted by Crippen LogP contribution is -2.18. The van der Waals surface area contributed by atoms with Crippen LogP contribution in [0.2, 0.25) is 0 Å². The van der Waals surface area contributed by atoms with Crippen LogP contribution in [-0.2, 0) is 11.3 Å². The van der Waals surface area contributed by atoms with Crippen molar-refractivity contribution in [3.05, 3.63) is 53.6 Å². The first-order valence-corrected chi connectivity index (χ1v) is 10.0. The highest BCUT2D eigenvalue weighted by molar-refractivity contribution is 7.99. The number of aromatic nitrogens is 4. The van der Waals surface area contributed by atoms with E-state index in [1.807, 2.05) is 49.4 Å². The van der Waals surface area contributed by atoms with Crippen LogP contribution in [0.5, 0.6) is 11.5 Å². The van der Waals surface area contributed by atoms with E-state index < -0.39 is 6.10 Å². The van der Waals surface area contributed by atoms with Gasteiger partial charge in [-0.3, -0.25) is 0 Å². The molecule has 2 aromatic carbocycles. The summed E-state index contributed by atoms with van der Waals surface area (Å²) in [5, 5.41) is 22.7. The van der Waals surface area contributed by atoms with Crippen LogP contribution < -0.4 is 9.47 Å². The minimum Gasteiger partial charge on any atom is -0.497 e. The summed E-state index contributed by atoms with van der Waals surface area (Å²) in [5.41, 5.74) is 2.84. The summed E-state index contributed by atoms with van der Waals surface area (Å²) in [6.07, 6.45) is -0.650. The zero-order valence-electron chi connectivity index (χ0n) is 16.6. The molecular formula is C20H24N4O4S. The maximum absolute atomic E-state index is 10.2. The summed E-state index contributed by atoms with van der Waals surface area (Å²) in [7, 11) is 3.24. The fraction of sp³-hybridized carbons (Fsp3) is 0.350. The van der Waals surface area contributed by atoms with Crippen LogP contribution in [0, 0.1) is 6.92 Å². The number of ether oxygens (including phenoxy) is 3. The predicted molar refractivity (Wildman–Crippen MR) is 110 cm³/mol. The van der Waals surface area contributed by atoms with Crippen LogP contribution in [0.3, 0.4) is 0 Å². The number of thioether (sulfide) groups is 1. The number of aliphatic hydroxyl groups is 1. The molecular weight excluding hydrogens is 392 g/mol. The first-order valence-electron chi connectivity index (χ1n) is 9.05. The lowest BCUT2D eigenvalue weighted by Gasteiger charge is -2.12. The molecule has 1 atom stereocenters. The van der Waals surface area contributed by atoms with Crippen LogP contribution in [0.25, 0.3) is 5.69 Å². The first-order chi connectivity index (χ1) is 14.1. The molecule has 1 aromatic heterocycles. The van der Waals surface area contributed by atoms with Crippen molar-refractivity contribution in [1.82, 2.24) is 20.2 Å². The van der Waals surface area contributed by atoms with E-state index in [9.17, 15) is 5.11 Å². The Morgan fingerprint density at radius 1 is 1.10 bits per heavy atom. The van der Waals surface area contributed by atoms with E-state index in [4.69, 9.17) is 14.2 Å². The van der Waals surface area contributed by atoms with Crippen LogP contribution in [0.15, 0.2) is 47.6 Å². The number of aryl methyl sites for hydroxylation is 1. The number of rotatable bonds is 10. The quantitative estimate of drug-likeness (QED) is 0.505. The fourth-order valence-corrected chi connectivity index (χ4v) is 3.43. The Bertz CT molecular complexity index is 917. The van der Waals surface area contributed by atoms with Crippen molar-refractivity contribution in [2.75, 3.05) is 26.6 Å². The molecule has 0 spiro atoms. The lowest BCUT2D eigenvalue weighted by molar-refractivity contribution is 0.0397. The third-order valence-electron chi connectivity index (χ3n) is 4.15. The van der Waals surface area contributed by atoms with Crippen LogP contribution in [0.1, 0.15) is 11.1 Å². The molecule has 0 radical (unpaired) electrons. The van der Waals surface area contributed by atoms with Gasteiger partial charge in [0, 0.05) is 5.75 Å². The predicted octanol–water partition coefficient (Wildman–Crippen LogP) is 2.66. The highest BCUT2D eigenvalue weighted by Crippen LogP contribution is 2.27. The van der Waals surface area contributed by atoms with Crippen molar-refractivity contribution in [2.24, 2.45) is 0 Å². The van der Waals surface area contributed by atoms with E-state index in [0.717, 1.165) is 22.6 Å². The molecule has 1 N–H and O–H groups in total. The maximum Gasteiger partial charge on any atom is 0.214 e. The third kappa shape index (κ3) is 5.69. The molecule has 3 rings (SSSR count). The molecule has 8 nitrogen and oxygen atoms in total. The molecule has 0 bridgehead atoms. The van der Waals surface area contributed by atoms with Gasteiger partial charge in [-0.15, -0.1) is 5.10 Å². The topological polar surface area (TPSA) is 91.5 Å². The monoisotopic (exact) mass is 416 g/mol. The number of nitrogens with zero attached hydrogens (tertiary/aromatic N) is 4. The Balaban J connectivity index is 1.53. The number of aliphatic hydroxyl groups excluding tert-OH is 1. The second-order valence-corrected chi connectivity index (χ2v) is 7.36. The van der Waals surface area contributed by atoms with Gasteiger partial charge in [-0.25, -0.2) is 0 Å². The van der Waals surface area contributed by atoms with Crippen molar-refractivity contribution in [1.29, 1.82) is 0 Å². The summed E-state index contributed by atoms with van der Waals surface area (Å²) < 4.78 is 17.8. The average Bonchev–Trinajstić information content (AvgIpc) is 3.21. The third-order valence-corrected chi connectivity index (χ3v) is 5.21. The van der Waals surface area contributed by atoms with Gasteiger partial charge >= 0.3 is 0 Å². The van der Waals surface area contributed by atoms with Gasteiger partial charge in [0.2, 0.25) is 5.16 Å². The summed E-state index contributed by atoms with van der Waals surface area (Å²) in [6, 6.07) is 13.4. The number of hydrogen-bond donors (Lipinski definition) is 1. The van der Waals surface area contributed by atoms with Gasteiger partial charge in [-0.05, 0) is 52.7 Å². The van der Waals surface area contributed by atoms with Gasteiger partial charge < -0.3 is 19.3 Å². The van der Waals surface area contributed by atoms with Crippen molar-refractivity contribution >= 4 is 11.8 Å². The highest BCUT2D eigenvalue weighted by atomic mass is 32.2. The van der Waals surface area contributed by atoms with Crippen molar-refractivity contribution in [3.8, 4) is 17.2 Å². The van der Waals surface area contributed by atoms with Crippen molar-refractivity contribution < 1.29 is 19.3 Å². The zero-order valence-corrected chi connectivity index (χ0v) is 17.4. The molecule has 0 aliphatic rings. The SMILES string of the molecule is COc1ccc(COCC(O)CSc2nnnn2-c2cc(C)ccc2OC)cc1. The first kappa shape index (κ1) is 21.1. The highest BCUT2D eigenvalue weighted by Gasteiger charge is 2.15.